The molecule has 0 N–H and O–H groups in total. The lowest BCUT2D eigenvalue weighted by molar-refractivity contribution is -0.139. The van der Waals surface area contributed by atoms with E-state index in [0.29, 0.717) is 43.4 Å². The van der Waals surface area contributed by atoms with Crippen molar-refractivity contribution in [1.29, 1.82) is 0 Å². The van der Waals surface area contributed by atoms with Crippen LogP contribution in [0.2, 0.25) is 0 Å². The molecule has 0 aliphatic carbocycles. The Balaban J connectivity index is 1.98. The van der Waals surface area contributed by atoms with Crippen LogP contribution in [-0.2, 0) is 14.3 Å². The SMILES string of the molecule is CCOC(=O)C1=C(C)N=c2s/c(=C\c3cc(Br)ccc3OC(C)=O)c(=O)n2C1c1ccc(OC)c(OC)c1. The lowest BCUT2D eigenvalue weighted by Gasteiger charge is -2.25. The van der Waals surface area contributed by atoms with Crippen molar-refractivity contribution in [2.75, 3.05) is 20.8 Å². The van der Waals surface area contributed by atoms with Crippen LogP contribution in [0.5, 0.6) is 17.2 Å². The number of rotatable bonds is 7. The second-order valence-electron chi connectivity index (χ2n) is 8.19. The van der Waals surface area contributed by atoms with Crippen molar-refractivity contribution in [2.45, 2.75) is 26.8 Å². The second kappa shape index (κ2) is 11.4. The highest BCUT2D eigenvalue weighted by atomic mass is 79.9. The summed E-state index contributed by atoms with van der Waals surface area (Å²) in [5.74, 6) is 0.227. The molecule has 1 unspecified atom stereocenters. The normalized spacial score (nSPS) is 15.0. The van der Waals surface area contributed by atoms with E-state index in [1.54, 1.807) is 56.3 Å². The molecule has 3 aromatic rings. The van der Waals surface area contributed by atoms with Gasteiger partial charge in [0.05, 0.1) is 42.7 Å². The van der Waals surface area contributed by atoms with Gasteiger partial charge in [-0.15, -0.1) is 0 Å². The van der Waals surface area contributed by atoms with E-state index in [0.717, 1.165) is 4.47 Å². The molecule has 198 valence electrons. The predicted molar refractivity (Wildman–Crippen MR) is 145 cm³/mol. The Labute approximate surface area is 230 Å². The van der Waals surface area contributed by atoms with Crippen LogP contribution in [0, 0.1) is 0 Å². The van der Waals surface area contributed by atoms with E-state index in [1.165, 1.54) is 37.0 Å². The Kier molecular flexibility index (Phi) is 8.17. The molecule has 0 bridgehead atoms. The molecule has 2 heterocycles. The Morgan fingerprint density at radius 1 is 1.11 bits per heavy atom. The Morgan fingerprint density at radius 3 is 2.47 bits per heavy atom. The molecular weight excluding hydrogens is 576 g/mol. The first-order chi connectivity index (χ1) is 18.2. The lowest BCUT2D eigenvalue weighted by Crippen LogP contribution is -2.40. The summed E-state index contributed by atoms with van der Waals surface area (Å²) in [7, 11) is 3.04. The first-order valence-electron chi connectivity index (χ1n) is 11.6. The summed E-state index contributed by atoms with van der Waals surface area (Å²) < 4.78 is 24.1. The minimum atomic E-state index is -0.817. The maximum atomic E-state index is 13.9. The van der Waals surface area contributed by atoms with Crippen molar-refractivity contribution in [3.8, 4) is 17.2 Å². The molecule has 0 saturated carbocycles. The topological polar surface area (TPSA) is 105 Å². The van der Waals surface area contributed by atoms with E-state index >= 15 is 0 Å². The second-order valence-corrected chi connectivity index (χ2v) is 10.1. The van der Waals surface area contributed by atoms with Gasteiger partial charge in [0, 0.05) is 17.0 Å². The Morgan fingerprint density at radius 2 is 1.82 bits per heavy atom. The number of nitrogens with zero attached hydrogens (tertiary/aromatic N) is 2. The molecule has 38 heavy (non-hydrogen) atoms. The molecule has 4 rings (SSSR count). The number of benzene rings is 2. The first-order valence-corrected chi connectivity index (χ1v) is 13.2. The molecular formula is C27H25BrN2O7S. The van der Waals surface area contributed by atoms with Crippen LogP contribution in [0.3, 0.4) is 0 Å². The van der Waals surface area contributed by atoms with E-state index in [1.807, 2.05) is 0 Å². The highest BCUT2D eigenvalue weighted by Gasteiger charge is 2.34. The van der Waals surface area contributed by atoms with E-state index in [-0.39, 0.29) is 17.7 Å². The molecule has 0 fully saturated rings. The molecule has 0 saturated heterocycles. The zero-order valence-electron chi connectivity index (χ0n) is 21.4. The Hall–Kier alpha value is -3.70. The number of halogens is 1. The van der Waals surface area contributed by atoms with Crippen LogP contribution in [0.1, 0.15) is 37.9 Å². The highest BCUT2D eigenvalue weighted by molar-refractivity contribution is 9.10. The van der Waals surface area contributed by atoms with Gasteiger partial charge in [-0.2, -0.15) is 0 Å². The molecule has 1 aliphatic rings. The summed E-state index contributed by atoms with van der Waals surface area (Å²) in [6.45, 7) is 4.90. The van der Waals surface area contributed by atoms with E-state index < -0.39 is 18.0 Å². The van der Waals surface area contributed by atoms with Gasteiger partial charge in [0.25, 0.3) is 5.56 Å². The lowest BCUT2D eigenvalue weighted by atomic mass is 9.95. The maximum absolute atomic E-state index is 13.9. The van der Waals surface area contributed by atoms with Gasteiger partial charge in [0.2, 0.25) is 0 Å². The van der Waals surface area contributed by atoms with Crippen LogP contribution in [0.15, 0.2) is 61.9 Å². The smallest absolute Gasteiger partial charge is 0.338 e. The monoisotopic (exact) mass is 600 g/mol. The summed E-state index contributed by atoms with van der Waals surface area (Å²) in [4.78, 5) is 43.6. The maximum Gasteiger partial charge on any atom is 0.338 e. The van der Waals surface area contributed by atoms with Crippen molar-refractivity contribution in [1.82, 2.24) is 4.57 Å². The third-order valence-corrected chi connectivity index (χ3v) is 7.23. The fraction of sp³-hybridized carbons (Fsp3) is 0.259. The Bertz CT molecular complexity index is 1640. The van der Waals surface area contributed by atoms with Gasteiger partial charge in [-0.1, -0.05) is 33.3 Å². The van der Waals surface area contributed by atoms with Gasteiger partial charge in [0.15, 0.2) is 16.3 Å². The van der Waals surface area contributed by atoms with Gasteiger partial charge in [0.1, 0.15) is 5.75 Å². The van der Waals surface area contributed by atoms with Crippen molar-refractivity contribution in [3.05, 3.63) is 83.0 Å². The van der Waals surface area contributed by atoms with Gasteiger partial charge in [-0.25, -0.2) is 9.79 Å². The first kappa shape index (κ1) is 27.3. The predicted octanol–water partition coefficient (Wildman–Crippen LogP) is 3.50. The van der Waals surface area contributed by atoms with Gasteiger partial charge < -0.3 is 18.9 Å². The third kappa shape index (κ3) is 5.30. The minimum absolute atomic E-state index is 0.167. The van der Waals surface area contributed by atoms with Gasteiger partial charge in [-0.3, -0.25) is 14.2 Å². The fourth-order valence-corrected chi connectivity index (χ4v) is 5.57. The third-order valence-electron chi connectivity index (χ3n) is 5.75. The zero-order chi connectivity index (χ0) is 27.6. The molecule has 1 aromatic heterocycles. The van der Waals surface area contributed by atoms with E-state index in [9.17, 15) is 14.4 Å². The summed E-state index contributed by atoms with van der Waals surface area (Å²) in [6.07, 6.45) is 1.64. The summed E-state index contributed by atoms with van der Waals surface area (Å²) >= 11 is 4.59. The number of thiazole rings is 1. The summed E-state index contributed by atoms with van der Waals surface area (Å²) in [5.41, 5.74) is 1.48. The number of hydrogen-bond donors (Lipinski definition) is 0. The number of esters is 2. The molecule has 0 amide bonds. The van der Waals surface area contributed by atoms with Crippen molar-refractivity contribution < 1.29 is 28.5 Å². The number of hydrogen-bond acceptors (Lipinski definition) is 9. The zero-order valence-corrected chi connectivity index (χ0v) is 23.8. The van der Waals surface area contributed by atoms with Gasteiger partial charge >= 0.3 is 11.9 Å². The molecule has 0 radical (unpaired) electrons. The number of ether oxygens (including phenoxy) is 4. The summed E-state index contributed by atoms with van der Waals surface area (Å²) in [5, 5.41) is 0. The van der Waals surface area contributed by atoms with Crippen molar-refractivity contribution >= 4 is 45.3 Å². The molecule has 0 spiro atoms. The number of fused-ring (bicyclic) bond motifs is 1. The number of carbonyl (C=O) groups excluding carboxylic acids is 2. The van der Waals surface area contributed by atoms with Crippen molar-refractivity contribution in [3.63, 3.8) is 0 Å². The average molecular weight is 601 g/mol. The minimum Gasteiger partial charge on any atom is -0.493 e. The van der Waals surface area contributed by atoms with Crippen LogP contribution >= 0.6 is 27.3 Å². The van der Waals surface area contributed by atoms with Crippen LogP contribution in [0.25, 0.3) is 6.08 Å². The molecule has 1 atom stereocenters. The molecule has 1 aliphatic heterocycles. The number of methoxy groups -OCH3 is 2. The van der Waals surface area contributed by atoms with E-state index in [2.05, 4.69) is 20.9 Å². The quantitative estimate of drug-likeness (QED) is 0.302. The number of aromatic nitrogens is 1. The number of allylic oxidation sites excluding steroid dienone is 1. The molecule has 2 aromatic carbocycles. The largest absolute Gasteiger partial charge is 0.493 e. The fourth-order valence-electron chi connectivity index (χ4n) is 4.15. The van der Waals surface area contributed by atoms with Crippen molar-refractivity contribution in [2.24, 2.45) is 4.99 Å². The van der Waals surface area contributed by atoms with E-state index in [4.69, 9.17) is 18.9 Å². The molecule has 11 heteroatoms. The average Bonchev–Trinajstić information content (AvgIpc) is 3.18. The number of carbonyl (C=O) groups is 2. The van der Waals surface area contributed by atoms with Crippen LogP contribution < -0.4 is 29.1 Å². The van der Waals surface area contributed by atoms with Crippen LogP contribution in [-0.4, -0.2) is 37.3 Å². The summed E-state index contributed by atoms with van der Waals surface area (Å²) in [6, 6.07) is 9.53. The van der Waals surface area contributed by atoms with Crippen LogP contribution in [0.4, 0.5) is 0 Å². The molecule has 9 nitrogen and oxygen atoms in total. The standard InChI is InChI=1S/C27H25BrN2O7S/c1-6-36-26(33)23-14(2)29-27-30(24(23)16-7-9-20(34-4)21(12-16)35-5)25(32)22(38-27)13-17-11-18(28)8-10-19(17)37-15(3)31/h7-13,24H,6H2,1-5H3/b22-13-. The highest BCUT2D eigenvalue weighted by Crippen LogP contribution is 2.36. The van der Waals surface area contributed by atoms with Gasteiger partial charge in [-0.05, 0) is 55.8 Å².